The molecular formula is C6H5N3O. The molecule has 0 spiro atoms. The third-order valence-electron chi connectivity index (χ3n) is 1.30. The van der Waals surface area contributed by atoms with Crippen LogP contribution >= 0.6 is 0 Å². The maximum absolute atomic E-state index is 9.12. The summed E-state index contributed by atoms with van der Waals surface area (Å²) >= 11 is 0. The summed E-state index contributed by atoms with van der Waals surface area (Å²) in [6, 6.07) is 0. The van der Waals surface area contributed by atoms with Gasteiger partial charge in [0.25, 0.3) is 0 Å². The van der Waals surface area contributed by atoms with E-state index < -0.39 is 0 Å². The van der Waals surface area contributed by atoms with Crippen molar-refractivity contribution in [3.05, 3.63) is 24.8 Å². The first-order valence-electron chi connectivity index (χ1n) is 2.84. The van der Waals surface area contributed by atoms with Crippen LogP contribution < -0.4 is 0 Å². The monoisotopic (exact) mass is 135 g/mol. The van der Waals surface area contributed by atoms with Crippen LogP contribution in [0.3, 0.4) is 0 Å². The van der Waals surface area contributed by atoms with Crippen molar-refractivity contribution in [3.63, 3.8) is 0 Å². The molecule has 2 aromatic heterocycles. The van der Waals surface area contributed by atoms with Gasteiger partial charge in [0.15, 0.2) is 5.65 Å². The van der Waals surface area contributed by atoms with Crippen molar-refractivity contribution in [2.75, 3.05) is 0 Å². The third kappa shape index (κ3) is 0.556. The van der Waals surface area contributed by atoms with Crippen molar-refractivity contribution in [2.24, 2.45) is 0 Å². The quantitative estimate of drug-likeness (QED) is 0.570. The minimum Gasteiger partial charge on any atom is -0.493 e. The fraction of sp³-hybridized carbons (Fsp3) is 0. The highest BCUT2D eigenvalue weighted by Crippen LogP contribution is 2.07. The van der Waals surface area contributed by atoms with Crippen LogP contribution in [0.5, 0.6) is 5.88 Å². The van der Waals surface area contributed by atoms with Crippen molar-refractivity contribution in [2.45, 2.75) is 0 Å². The number of hydrogen-bond donors (Lipinski definition) is 1. The van der Waals surface area contributed by atoms with Gasteiger partial charge in [-0.3, -0.25) is 9.38 Å². The number of rotatable bonds is 0. The molecule has 0 fully saturated rings. The molecule has 0 unspecified atom stereocenters. The molecule has 2 heterocycles. The Morgan fingerprint density at radius 3 is 3.10 bits per heavy atom. The summed E-state index contributed by atoms with van der Waals surface area (Å²) in [5, 5.41) is 9.12. The predicted octanol–water partition coefficient (Wildman–Crippen LogP) is 0.435. The summed E-state index contributed by atoms with van der Waals surface area (Å²) in [5.74, 6) is 0.106. The molecule has 0 saturated heterocycles. The van der Waals surface area contributed by atoms with E-state index in [2.05, 4.69) is 9.97 Å². The molecule has 4 nitrogen and oxygen atoms in total. The van der Waals surface area contributed by atoms with E-state index in [9.17, 15) is 0 Å². The Morgan fingerprint density at radius 2 is 2.30 bits per heavy atom. The Kier molecular flexibility index (Phi) is 0.887. The van der Waals surface area contributed by atoms with Gasteiger partial charge in [-0.15, -0.1) is 0 Å². The molecule has 0 saturated carbocycles. The van der Waals surface area contributed by atoms with Crippen LogP contribution in [-0.4, -0.2) is 19.5 Å². The fourth-order valence-electron chi connectivity index (χ4n) is 0.837. The van der Waals surface area contributed by atoms with Gasteiger partial charge in [-0.2, -0.15) is 0 Å². The van der Waals surface area contributed by atoms with Crippen LogP contribution in [0.1, 0.15) is 0 Å². The van der Waals surface area contributed by atoms with Gasteiger partial charge in [0.1, 0.15) is 0 Å². The number of fused-ring (bicyclic) bond motifs is 1. The lowest BCUT2D eigenvalue weighted by molar-refractivity contribution is 0.443. The Bertz CT molecular complexity index is 355. The lowest BCUT2D eigenvalue weighted by atomic mass is 10.7. The lowest BCUT2D eigenvalue weighted by Gasteiger charge is -1.93. The van der Waals surface area contributed by atoms with Crippen LogP contribution in [0.15, 0.2) is 24.8 Å². The van der Waals surface area contributed by atoms with E-state index in [1.165, 1.54) is 6.20 Å². The highest BCUT2D eigenvalue weighted by atomic mass is 16.3. The largest absolute Gasteiger partial charge is 0.493 e. The van der Waals surface area contributed by atoms with Gasteiger partial charge in [-0.05, 0) is 0 Å². The van der Waals surface area contributed by atoms with Gasteiger partial charge in [0, 0.05) is 12.4 Å². The van der Waals surface area contributed by atoms with Crippen LogP contribution in [0.4, 0.5) is 0 Å². The number of nitrogens with zero attached hydrogens (tertiary/aromatic N) is 3. The summed E-state index contributed by atoms with van der Waals surface area (Å²) in [4.78, 5) is 7.67. The van der Waals surface area contributed by atoms with Gasteiger partial charge in [-0.25, -0.2) is 4.98 Å². The molecule has 0 aliphatic carbocycles. The van der Waals surface area contributed by atoms with Crippen molar-refractivity contribution in [1.29, 1.82) is 0 Å². The predicted molar refractivity (Wildman–Crippen MR) is 34.7 cm³/mol. The Morgan fingerprint density at radius 1 is 1.40 bits per heavy atom. The molecule has 2 aromatic rings. The first kappa shape index (κ1) is 5.22. The van der Waals surface area contributed by atoms with Crippen LogP contribution in [0.2, 0.25) is 0 Å². The lowest BCUT2D eigenvalue weighted by Crippen LogP contribution is -1.84. The second-order valence-electron chi connectivity index (χ2n) is 1.92. The maximum atomic E-state index is 9.12. The number of imidazole rings is 1. The molecule has 0 radical (unpaired) electrons. The Hall–Kier alpha value is -1.58. The minimum atomic E-state index is 0.106. The van der Waals surface area contributed by atoms with Crippen molar-refractivity contribution < 1.29 is 5.11 Å². The first-order chi connectivity index (χ1) is 4.88. The normalized spacial score (nSPS) is 10.4. The van der Waals surface area contributed by atoms with Crippen molar-refractivity contribution >= 4 is 5.65 Å². The smallest absolute Gasteiger partial charge is 0.215 e. The standard InChI is InChI=1S/C6H5N3O/c10-6-4-7-3-5-8-1-2-9(5)6/h1-4,10H. The minimum absolute atomic E-state index is 0.106. The molecule has 50 valence electrons. The molecule has 0 bridgehead atoms. The number of aromatic nitrogens is 3. The molecule has 0 aliphatic rings. The topological polar surface area (TPSA) is 50.4 Å². The summed E-state index contributed by atoms with van der Waals surface area (Å²) in [5.41, 5.74) is 0.653. The highest BCUT2D eigenvalue weighted by molar-refractivity contribution is 5.37. The average molecular weight is 135 g/mol. The van der Waals surface area contributed by atoms with Gasteiger partial charge in [-0.1, -0.05) is 0 Å². The maximum Gasteiger partial charge on any atom is 0.215 e. The summed E-state index contributed by atoms with van der Waals surface area (Å²) in [6.45, 7) is 0. The van der Waals surface area contributed by atoms with Gasteiger partial charge in [0.05, 0.1) is 12.4 Å². The van der Waals surface area contributed by atoms with Gasteiger partial charge >= 0.3 is 0 Å². The van der Waals surface area contributed by atoms with Crippen LogP contribution in [0.25, 0.3) is 5.65 Å². The molecule has 0 amide bonds. The van der Waals surface area contributed by atoms with Gasteiger partial charge in [0.2, 0.25) is 5.88 Å². The third-order valence-corrected chi connectivity index (χ3v) is 1.30. The molecule has 4 heteroatoms. The molecule has 10 heavy (non-hydrogen) atoms. The van der Waals surface area contributed by atoms with E-state index in [-0.39, 0.29) is 5.88 Å². The zero-order chi connectivity index (χ0) is 6.97. The number of hydrogen-bond acceptors (Lipinski definition) is 3. The number of aromatic hydroxyl groups is 1. The van der Waals surface area contributed by atoms with E-state index in [1.807, 2.05) is 0 Å². The SMILES string of the molecule is Oc1cncc2nccn12. The summed E-state index contributed by atoms with van der Waals surface area (Å²) in [7, 11) is 0. The Labute approximate surface area is 56.8 Å². The van der Waals surface area contributed by atoms with Crippen LogP contribution in [0, 0.1) is 0 Å². The van der Waals surface area contributed by atoms with Crippen molar-refractivity contribution in [3.8, 4) is 5.88 Å². The summed E-state index contributed by atoms with van der Waals surface area (Å²) in [6.07, 6.45) is 6.23. The second kappa shape index (κ2) is 1.70. The van der Waals surface area contributed by atoms with Gasteiger partial charge < -0.3 is 5.11 Å². The van der Waals surface area contributed by atoms with E-state index in [0.717, 1.165) is 0 Å². The molecular weight excluding hydrogens is 130 g/mol. The van der Waals surface area contributed by atoms with E-state index >= 15 is 0 Å². The first-order valence-corrected chi connectivity index (χ1v) is 2.84. The highest BCUT2D eigenvalue weighted by Gasteiger charge is 1.95. The zero-order valence-electron chi connectivity index (χ0n) is 5.10. The molecule has 0 aliphatic heterocycles. The second-order valence-corrected chi connectivity index (χ2v) is 1.92. The summed E-state index contributed by atoms with van der Waals surface area (Å²) < 4.78 is 1.55. The molecule has 0 atom stereocenters. The van der Waals surface area contributed by atoms with Crippen LogP contribution in [-0.2, 0) is 0 Å². The van der Waals surface area contributed by atoms with Crippen molar-refractivity contribution in [1.82, 2.24) is 14.4 Å². The van der Waals surface area contributed by atoms with E-state index in [4.69, 9.17) is 5.11 Å². The Balaban J connectivity index is 2.95. The molecule has 1 N–H and O–H groups in total. The zero-order valence-corrected chi connectivity index (χ0v) is 5.10. The average Bonchev–Trinajstić information content (AvgIpc) is 2.36. The molecule has 2 rings (SSSR count). The molecule has 0 aromatic carbocycles. The fourth-order valence-corrected chi connectivity index (χ4v) is 0.837. The van der Waals surface area contributed by atoms with E-state index in [0.29, 0.717) is 5.65 Å². The van der Waals surface area contributed by atoms with E-state index in [1.54, 1.807) is 23.0 Å².